The molecule has 0 aliphatic heterocycles. The van der Waals surface area contributed by atoms with Crippen LogP contribution in [0.1, 0.15) is 5.69 Å². The Morgan fingerprint density at radius 1 is 1.20 bits per heavy atom. The van der Waals surface area contributed by atoms with E-state index in [1.165, 1.54) is 22.7 Å². The van der Waals surface area contributed by atoms with Crippen molar-refractivity contribution in [2.75, 3.05) is 19.0 Å². The van der Waals surface area contributed by atoms with Crippen LogP contribution in [0.4, 0.5) is 21.6 Å². The van der Waals surface area contributed by atoms with Crippen LogP contribution in [-0.4, -0.2) is 34.6 Å². The third-order valence-corrected chi connectivity index (χ3v) is 3.57. The van der Waals surface area contributed by atoms with Gasteiger partial charge in [0.1, 0.15) is 11.5 Å². The number of hydrogen-bond donors (Lipinski definition) is 1. The fraction of sp³-hybridized carbons (Fsp3) is 0.176. The molecule has 1 aromatic carbocycles. The summed E-state index contributed by atoms with van der Waals surface area (Å²) < 4.78 is 14.9. The van der Waals surface area contributed by atoms with Crippen LogP contribution in [-0.2, 0) is 11.2 Å². The zero-order chi connectivity index (χ0) is 18.0. The van der Waals surface area contributed by atoms with Gasteiger partial charge in [-0.2, -0.15) is 0 Å². The number of azo groups is 1. The maximum atomic E-state index is 13.5. The second kappa shape index (κ2) is 6.68. The number of benzene rings is 1. The van der Waals surface area contributed by atoms with E-state index in [4.69, 9.17) is 5.11 Å². The molecule has 0 amide bonds. The van der Waals surface area contributed by atoms with Crippen LogP contribution >= 0.6 is 0 Å². The van der Waals surface area contributed by atoms with Gasteiger partial charge in [-0.1, -0.05) is 0 Å². The van der Waals surface area contributed by atoms with Gasteiger partial charge in [0.25, 0.3) is 0 Å². The Kier molecular flexibility index (Phi) is 4.42. The number of carboxylic acid groups (broad SMARTS) is 1. The number of halogens is 1. The molecule has 128 valence electrons. The Hall–Kier alpha value is -3.29. The van der Waals surface area contributed by atoms with Crippen molar-refractivity contribution in [1.82, 2.24) is 9.38 Å². The van der Waals surface area contributed by atoms with Gasteiger partial charge in [0.05, 0.1) is 17.8 Å². The van der Waals surface area contributed by atoms with Crippen LogP contribution in [0.2, 0.25) is 0 Å². The number of pyridine rings is 1. The zero-order valence-corrected chi connectivity index (χ0v) is 13.7. The third-order valence-electron chi connectivity index (χ3n) is 3.57. The first-order valence-corrected chi connectivity index (χ1v) is 7.51. The predicted octanol–water partition coefficient (Wildman–Crippen LogP) is 3.58. The number of anilines is 1. The Morgan fingerprint density at radius 2 is 1.92 bits per heavy atom. The monoisotopic (exact) mass is 341 g/mol. The van der Waals surface area contributed by atoms with Gasteiger partial charge in [0.2, 0.25) is 0 Å². The standard InChI is InChI=1S/C17H16FN5O2/c1-22(2)13-6-4-12(5-7-13)20-21-17-14(9-16(24)25)19-15-8-3-11(18)10-23(15)17/h3-8,10H,9H2,1-2H3,(H,24,25). The number of imidazole rings is 1. The number of nitrogens with zero attached hydrogens (tertiary/aromatic N) is 5. The van der Waals surface area contributed by atoms with E-state index < -0.39 is 11.8 Å². The molecule has 0 aliphatic carbocycles. The van der Waals surface area contributed by atoms with Gasteiger partial charge in [-0.05, 0) is 36.4 Å². The van der Waals surface area contributed by atoms with Crippen molar-refractivity contribution >= 4 is 28.8 Å². The molecule has 0 unspecified atom stereocenters. The van der Waals surface area contributed by atoms with E-state index in [9.17, 15) is 9.18 Å². The lowest BCUT2D eigenvalue weighted by Crippen LogP contribution is -2.07. The molecular weight excluding hydrogens is 325 g/mol. The van der Waals surface area contributed by atoms with Crippen molar-refractivity contribution in [3.63, 3.8) is 0 Å². The van der Waals surface area contributed by atoms with Gasteiger partial charge in [-0.3, -0.25) is 9.20 Å². The second-order valence-corrected chi connectivity index (χ2v) is 5.64. The van der Waals surface area contributed by atoms with Gasteiger partial charge in [0, 0.05) is 26.0 Å². The quantitative estimate of drug-likeness (QED) is 0.719. The van der Waals surface area contributed by atoms with Gasteiger partial charge in [-0.15, -0.1) is 10.2 Å². The van der Waals surface area contributed by atoms with Crippen LogP contribution in [0, 0.1) is 5.82 Å². The minimum atomic E-state index is -1.05. The van der Waals surface area contributed by atoms with Crippen LogP contribution in [0.5, 0.6) is 0 Å². The molecule has 3 rings (SSSR count). The lowest BCUT2D eigenvalue weighted by molar-refractivity contribution is -0.136. The van der Waals surface area contributed by atoms with E-state index in [2.05, 4.69) is 15.2 Å². The van der Waals surface area contributed by atoms with Crippen LogP contribution < -0.4 is 4.90 Å². The largest absolute Gasteiger partial charge is 0.481 e. The number of aromatic nitrogens is 2. The first-order valence-electron chi connectivity index (χ1n) is 7.51. The molecule has 25 heavy (non-hydrogen) atoms. The van der Waals surface area contributed by atoms with Crippen molar-refractivity contribution in [3.8, 4) is 0 Å². The minimum absolute atomic E-state index is 0.202. The second-order valence-electron chi connectivity index (χ2n) is 5.64. The highest BCUT2D eigenvalue weighted by molar-refractivity contribution is 5.72. The number of hydrogen-bond acceptors (Lipinski definition) is 5. The summed E-state index contributed by atoms with van der Waals surface area (Å²) in [6.45, 7) is 0. The highest BCUT2D eigenvalue weighted by Crippen LogP contribution is 2.26. The normalized spacial score (nSPS) is 11.3. The fourth-order valence-electron chi connectivity index (χ4n) is 2.35. The summed E-state index contributed by atoms with van der Waals surface area (Å²) in [4.78, 5) is 17.2. The average molecular weight is 341 g/mol. The van der Waals surface area contributed by atoms with E-state index in [1.54, 1.807) is 12.1 Å². The van der Waals surface area contributed by atoms with Gasteiger partial charge in [-0.25, -0.2) is 9.37 Å². The van der Waals surface area contributed by atoms with Crippen molar-refractivity contribution in [2.24, 2.45) is 10.2 Å². The smallest absolute Gasteiger partial charge is 0.309 e. The molecule has 7 nitrogen and oxygen atoms in total. The van der Waals surface area contributed by atoms with Crippen LogP contribution in [0.3, 0.4) is 0 Å². The first kappa shape index (κ1) is 16.6. The van der Waals surface area contributed by atoms with E-state index in [0.717, 1.165) is 5.69 Å². The average Bonchev–Trinajstić information content (AvgIpc) is 2.89. The number of carbonyl (C=O) groups is 1. The molecule has 0 spiro atoms. The minimum Gasteiger partial charge on any atom is -0.481 e. The maximum Gasteiger partial charge on any atom is 0.309 e. The number of carboxylic acids is 1. The number of rotatable bonds is 5. The topological polar surface area (TPSA) is 82.6 Å². The summed E-state index contributed by atoms with van der Waals surface area (Å²) in [6, 6.07) is 10.1. The predicted molar refractivity (Wildman–Crippen MR) is 91.4 cm³/mol. The summed E-state index contributed by atoms with van der Waals surface area (Å²) in [6.07, 6.45) is 0.883. The third kappa shape index (κ3) is 3.63. The molecule has 2 heterocycles. The summed E-state index contributed by atoms with van der Waals surface area (Å²) in [5, 5.41) is 17.3. The molecule has 0 saturated carbocycles. The van der Waals surface area contributed by atoms with Gasteiger partial charge < -0.3 is 10.0 Å². The summed E-state index contributed by atoms with van der Waals surface area (Å²) in [5.74, 6) is -1.32. The lowest BCUT2D eigenvalue weighted by atomic mass is 10.3. The Labute approximate surface area is 143 Å². The van der Waals surface area contributed by atoms with Crippen molar-refractivity contribution in [2.45, 2.75) is 6.42 Å². The van der Waals surface area contributed by atoms with Gasteiger partial charge >= 0.3 is 5.97 Å². The van der Waals surface area contributed by atoms with Crippen LogP contribution in [0.15, 0.2) is 52.8 Å². The Bertz CT molecular complexity index is 948. The summed E-state index contributed by atoms with van der Waals surface area (Å²) in [7, 11) is 3.86. The van der Waals surface area contributed by atoms with Crippen LogP contribution in [0.25, 0.3) is 5.65 Å². The number of aliphatic carboxylic acids is 1. The number of fused-ring (bicyclic) bond motifs is 1. The Morgan fingerprint density at radius 3 is 2.56 bits per heavy atom. The summed E-state index contributed by atoms with van der Waals surface area (Å²) in [5.41, 5.74) is 2.25. The molecule has 0 atom stereocenters. The van der Waals surface area contributed by atoms with E-state index in [1.807, 2.05) is 31.1 Å². The maximum absolute atomic E-state index is 13.5. The molecule has 0 saturated heterocycles. The molecule has 2 aromatic heterocycles. The first-order chi connectivity index (χ1) is 11.9. The molecule has 3 aromatic rings. The highest BCUT2D eigenvalue weighted by atomic mass is 19.1. The molecule has 0 bridgehead atoms. The fourth-order valence-corrected chi connectivity index (χ4v) is 2.35. The SMILES string of the molecule is CN(C)c1ccc(N=Nc2c(CC(=O)O)nc3ccc(F)cn23)cc1. The van der Waals surface area contributed by atoms with E-state index >= 15 is 0 Å². The van der Waals surface area contributed by atoms with Crippen molar-refractivity contribution < 1.29 is 14.3 Å². The molecular formula is C17H16FN5O2. The Balaban J connectivity index is 2.00. The van der Waals surface area contributed by atoms with Gasteiger partial charge in [0.15, 0.2) is 5.82 Å². The zero-order valence-electron chi connectivity index (χ0n) is 13.7. The lowest BCUT2D eigenvalue weighted by Gasteiger charge is -2.11. The van der Waals surface area contributed by atoms with Crippen molar-refractivity contribution in [3.05, 3.63) is 54.1 Å². The van der Waals surface area contributed by atoms with Crippen molar-refractivity contribution in [1.29, 1.82) is 0 Å². The van der Waals surface area contributed by atoms with E-state index in [-0.39, 0.29) is 17.9 Å². The molecule has 8 heteroatoms. The molecule has 0 fully saturated rings. The molecule has 1 N–H and O–H groups in total. The van der Waals surface area contributed by atoms with E-state index in [0.29, 0.717) is 11.3 Å². The summed E-state index contributed by atoms with van der Waals surface area (Å²) >= 11 is 0. The molecule has 0 aliphatic rings. The molecule has 0 radical (unpaired) electrons. The highest BCUT2D eigenvalue weighted by Gasteiger charge is 2.15.